The summed E-state index contributed by atoms with van der Waals surface area (Å²) in [4.78, 5) is 18.1. The molecule has 0 saturated heterocycles. The molecule has 0 aliphatic heterocycles. The molecule has 0 spiro atoms. The first-order chi connectivity index (χ1) is 11.1. The lowest BCUT2D eigenvalue weighted by atomic mass is 10.1. The highest BCUT2D eigenvalue weighted by Crippen LogP contribution is 2.31. The highest BCUT2D eigenvalue weighted by Gasteiger charge is 2.35. The zero-order chi connectivity index (χ0) is 16.4. The summed E-state index contributed by atoms with van der Waals surface area (Å²) in [6.45, 7) is 4.52. The van der Waals surface area contributed by atoms with Crippen LogP contribution in [0.3, 0.4) is 0 Å². The first-order valence-electron chi connectivity index (χ1n) is 8.10. The molecule has 1 saturated carbocycles. The quantitative estimate of drug-likeness (QED) is 0.839. The van der Waals surface area contributed by atoms with Gasteiger partial charge in [0.2, 0.25) is 0 Å². The normalized spacial score (nSPS) is 15.8. The molecule has 1 heterocycles. The van der Waals surface area contributed by atoms with Crippen molar-refractivity contribution in [3.8, 4) is 10.6 Å². The minimum atomic E-state index is -0.762. The fourth-order valence-corrected chi connectivity index (χ4v) is 3.53. The van der Waals surface area contributed by atoms with Crippen LogP contribution in [0.1, 0.15) is 37.9 Å². The molecule has 1 aliphatic carbocycles. The standard InChI is InChI=1S/C18H22N2O2S/c1-3-13-4-6-14(7-5-13)17-19-15(11-23-17)10-20(16-8-9-16)12(2)18(21)22/h4-7,11-12,16H,3,8-10H2,1-2H3,(H,21,22). The van der Waals surface area contributed by atoms with Crippen molar-refractivity contribution >= 4 is 17.3 Å². The molecular formula is C18H22N2O2S. The second-order valence-corrected chi connectivity index (χ2v) is 6.97. The van der Waals surface area contributed by atoms with Crippen molar-refractivity contribution in [3.63, 3.8) is 0 Å². The van der Waals surface area contributed by atoms with Gasteiger partial charge in [0.05, 0.1) is 5.69 Å². The van der Waals surface area contributed by atoms with Crippen molar-refractivity contribution in [3.05, 3.63) is 40.9 Å². The minimum Gasteiger partial charge on any atom is -0.480 e. The highest BCUT2D eigenvalue weighted by molar-refractivity contribution is 7.13. The first-order valence-corrected chi connectivity index (χ1v) is 8.98. The average Bonchev–Trinajstić information content (AvgIpc) is 3.30. The van der Waals surface area contributed by atoms with Gasteiger partial charge in [-0.05, 0) is 31.7 Å². The third kappa shape index (κ3) is 3.79. The van der Waals surface area contributed by atoms with E-state index in [1.807, 2.05) is 5.38 Å². The number of hydrogen-bond acceptors (Lipinski definition) is 4. The number of aromatic nitrogens is 1. The number of aliphatic carboxylic acids is 1. The summed E-state index contributed by atoms with van der Waals surface area (Å²) in [5.41, 5.74) is 3.41. The number of carboxylic acid groups (broad SMARTS) is 1. The van der Waals surface area contributed by atoms with Gasteiger partial charge in [0.25, 0.3) is 0 Å². The van der Waals surface area contributed by atoms with Crippen LogP contribution in [0.25, 0.3) is 10.6 Å². The van der Waals surface area contributed by atoms with Gasteiger partial charge in [0.15, 0.2) is 0 Å². The Morgan fingerprint density at radius 3 is 2.65 bits per heavy atom. The topological polar surface area (TPSA) is 53.4 Å². The van der Waals surface area contributed by atoms with Crippen LogP contribution in [0.4, 0.5) is 0 Å². The molecule has 1 aliphatic rings. The lowest BCUT2D eigenvalue weighted by Crippen LogP contribution is -2.40. The average molecular weight is 330 g/mol. The van der Waals surface area contributed by atoms with Gasteiger partial charge in [0, 0.05) is 23.5 Å². The fraction of sp³-hybridized carbons (Fsp3) is 0.444. The van der Waals surface area contributed by atoms with Gasteiger partial charge in [-0.15, -0.1) is 11.3 Å². The van der Waals surface area contributed by atoms with E-state index in [0.29, 0.717) is 12.6 Å². The summed E-state index contributed by atoms with van der Waals surface area (Å²) in [5.74, 6) is -0.762. The maximum Gasteiger partial charge on any atom is 0.320 e. The first kappa shape index (κ1) is 16.1. The Kier molecular flexibility index (Phi) is 4.78. The van der Waals surface area contributed by atoms with E-state index in [2.05, 4.69) is 36.1 Å². The minimum absolute atomic E-state index is 0.398. The smallest absolute Gasteiger partial charge is 0.320 e. The van der Waals surface area contributed by atoms with Crippen molar-refractivity contribution in [1.29, 1.82) is 0 Å². The summed E-state index contributed by atoms with van der Waals surface area (Å²) in [6.07, 6.45) is 3.22. The maximum atomic E-state index is 11.3. The Morgan fingerprint density at radius 1 is 1.39 bits per heavy atom. The van der Waals surface area contributed by atoms with Crippen LogP contribution in [0.5, 0.6) is 0 Å². The molecule has 2 aromatic rings. The Labute approximate surface area is 140 Å². The summed E-state index contributed by atoms with van der Waals surface area (Å²) >= 11 is 1.63. The SMILES string of the molecule is CCc1ccc(-c2nc(CN(C3CC3)C(C)C(=O)O)cs2)cc1. The molecule has 0 bridgehead atoms. The lowest BCUT2D eigenvalue weighted by molar-refractivity contribution is -0.143. The largest absolute Gasteiger partial charge is 0.480 e. The Balaban J connectivity index is 1.74. The highest BCUT2D eigenvalue weighted by atomic mass is 32.1. The van der Waals surface area contributed by atoms with E-state index in [9.17, 15) is 9.90 Å². The van der Waals surface area contributed by atoms with Gasteiger partial charge >= 0.3 is 5.97 Å². The molecule has 1 fully saturated rings. The molecule has 1 unspecified atom stereocenters. The number of nitrogens with zero attached hydrogens (tertiary/aromatic N) is 2. The molecule has 3 rings (SSSR count). The predicted molar refractivity (Wildman–Crippen MR) is 92.6 cm³/mol. The molecule has 1 atom stereocenters. The van der Waals surface area contributed by atoms with Crippen LogP contribution < -0.4 is 0 Å². The number of rotatable bonds is 7. The summed E-state index contributed by atoms with van der Waals surface area (Å²) in [6, 6.07) is 8.44. The maximum absolute atomic E-state index is 11.3. The van der Waals surface area contributed by atoms with E-state index in [-0.39, 0.29) is 0 Å². The van der Waals surface area contributed by atoms with E-state index < -0.39 is 12.0 Å². The van der Waals surface area contributed by atoms with Crippen LogP contribution in [-0.2, 0) is 17.8 Å². The van der Waals surface area contributed by atoms with Crippen molar-refractivity contribution in [2.24, 2.45) is 0 Å². The van der Waals surface area contributed by atoms with Crippen LogP contribution in [-0.4, -0.2) is 33.0 Å². The second-order valence-electron chi connectivity index (χ2n) is 6.11. The number of carboxylic acids is 1. The van der Waals surface area contributed by atoms with Crippen molar-refractivity contribution in [1.82, 2.24) is 9.88 Å². The Bertz CT molecular complexity index is 677. The predicted octanol–water partition coefficient (Wildman–Crippen LogP) is 3.81. The number of aryl methyl sites for hydroxylation is 1. The lowest BCUT2D eigenvalue weighted by Gasteiger charge is -2.25. The fourth-order valence-electron chi connectivity index (χ4n) is 2.71. The van der Waals surface area contributed by atoms with Crippen LogP contribution in [0.15, 0.2) is 29.6 Å². The second kappa shape index (κ2) is 6.81. The molecule has 23 heavy (non-hydrogen) atoms. The van der Waals surface area contributed by atoms with Gasteiger partial charge in [-0.3, -0.25) is 9.69 Å². The van der Waals surface area contributed by atoms with Gasteiger partial charge in [-0.1, -0.05) is 31.2 Å². The summed E-state index contributed by atoms with van der Waals surface area (Å²) < 4.78 is 0. The third-order valence-corrected chi connectivity index (χ3v) is 5.32. The van der Waals surface area contributed by atoms with Gasteiger partial charge in [-0.25, -0.2) is 4.98 Å². The summed E-state index contributed by atoms with van der Waals surface area (Å²) in [7, 11) is 0. The van der Waals surface area contributed by atoms with Gasteiger partial charge in [-0.2, -0.15) is 0 Å². The zero-order valence-electron chi connectivity index (χ0n) is 13.5. The number of hydrogen-bond donors (Lipinski definition) is 1. The Hall–Kier alpha value is -1.72. The monoisotopic (exact) mass is 330 g/mol. The van der Waals surface area contributed by atoms with E-state index >= 15 is 0 Å². The molecule has 1 aromatic heterocycles. The molecule has 1 aromatic carbocycles. The van der Waals surface area contributed by atoms with Crippen LogP contribution >= 0.6 is 11.3 Å². The van der Waals surface area contributed by atoms with E-state index in [1.165, 1.54) is 5.56 Å². The van der Waals surface area contributed by atoms with Crippen LogP contribution in [0, 0.1) is 0 Å². The molecule has 122 valence electrons. The number of benzene rings is 1. The zero-order valence-corrected chi connectivity index (χ0v) is 14.3. The van der Waals surface area contributed by atoms with Crippen molar-refractivity contribution in [2.75, 3.05) is 0 Å². The Morgan fingerprint density at radius 2 is 2.09 bits per heavy atom. The van der Waals surface area contributed by atoms with E-state index in [0.717, 1.165) is 35.5 Å². The van der Waals surface area contributed by atoms with Gasteiger partial charge < -0.3 is 5.11 Å². The summed E-state index contributed by atoms with van der Waals surface area (Å²) in [5, 5.41) is 12.3. The van der Waals surface area contributed by atoms with Crippen LogP contribution in [0.2, 0.25) is 0 Å². The van der Waals surface area contributed by atoms with Crippen molar-refractivity contribution in [2.45, 2.75) is 51.7 Å². The number of carbonyl (C=O) groups is 1. The molecule has 0 radical (unpaired) electrons. The van der Waals surface area contributed by atoms with Gasteiger partial charge in [0.1, 0.15) is 11.0 Å². The molecular weight excluding hydrogens is 308 g/mol. The van der Waals surface area contributed by atoms with Crippen molar-refractivity contribution < 1.29 is 9.90 Å². The van der Waals surface area contributed by atoms with E-state index in [4.69, 9.17) is 4.98 Å². The molecule has 1 N–H and O–H groups in total. The number of thiazole rings is 1. The van der Waals surface area contributed by atoms with E-state index in [1.54, 1.807) is 18.3 Å². The molecule has 4 nitrogen and oxygen atoms in total. The molecule has 5 heteroatoms. The third-order valence-electron chi connectivity index (χ3n) is 4.38. The molecule has 0 amide bonds.